The summed E-state index contributed by atoms with van der Waals surface area (Å²) < 4.78 is 2.75. The van der Waals surface area contributed by atoms with Gasteiger partial charge in [0.2, 0.25) is 0 Å². The third-order valence-corrected chi connectivity index (χ3v) is 6.54. The second-order valence-corrected chi connectivity index (χ2v) is 8.06. The molecule has 1 aliphatic carbocycles. The molecule has 0 saturated heterocycles. The molecule has 25 heavy (non-hydrogen) atoms. The van der Waals surface area contributed by atoms with Crippen LogP contribution in [-0.4, -0.2) is 4.98 Å². The number of benzene rings is 3. The van der Waals surface area contributed by atoms with Crippen LogP contribution >= 0.6 is 11.3 Å². The Bertz CT molecular complexity index is 1350. The van der Waals surface area contributed by atoms with Crippen molar-refractivity contribution in [3.63, 3.8) is 0 Å². The van der Waals surface area contributed by atoms with Crippen LogP contribution < -0.4 is 0 Å². The van der Waals surface area contributed by atoms with E-state index >= 15 is 0 Å². The standard InChI is InChI=1S/C23H15NS/c1-12-6-7-18-16(10-12)22-19(25-18)11-13(2)20-15-8-9-24-17-5-3-4-14(21(15)17)23(20)22/h3-11H,1-2H3. The van der Waals surface area contributed by atoms with E-state index in [1.165, 1.54) is 58.9 Å². The average molecular weight is 337 g/mol. The monoisotopic (exact) mass is 337 g/mol. The van der Waals surface area contributed by atoms with Crippen molar-refractivity contribution >= 4 is 42.4 Å². The molecule has 0 radical (unpaired) electrons. The highest BCUT2D eigenvalue weighted by Gasteiger charge is 2.27. The fraction of sp³-hybridized carbons (Fsp3) is 0.0870. The van der Waals surface area contributed by atoms with Crippen LogP contribution in [0.5, 0.6) is 0 Å². The molecule has 0 atom stereocenters. The van der Waals surface area contributed by atoms with Crippen molar-refractivity contribution in [1.82, 2.24) is 4.98 Å². The molecule has 2 aromatic heterocycles. The summed E-state index contributed by atoms with van der Waals surface area (Å²) in [4.78, 5) is 4.60. The van der Waals surface area contributed by atoms with E-state index in [1.54, 1.807) is 0 Å². The van der Waals surface area contributed by atoms with Gasteiger partial charge in [-0.1, -0.05) is 23.8 Å². The van der Waals surface area contributed by atoms with Gasteiger partial charge in [0, 0.05) is 31.8 Å². The van der Waals surface area contributed by atoms with E-state index in [9.17, 15) is 0 Å². The van der Waals surface area contributed by atoms with Gasteiger partial charge in [0.25, 0.3) is 0 Å². The van der Waals surface area contributed by atoms with E-state index < -0.39 is 0 Å². The fourth-order valence-corrected chi connectivity index (χ4v) is 5.61. The van der Waals surface area contributed by atoms with Crippen LogP contribution in [0.2, 0.25) is 0 Å². The Morgan fingerprint density at radius 1 is 0.800 bits per heavy atom. The largest absolute Gasteiger partial charge is 0.256 e. The van der Waals surface area contributed by atoms with Crippen molar-refractivity contribution in [2.45, 2.75) is 13.8 Å². The molecule has 0 bridgehead atoms. The zero-order valence-corrected chi connectivity index (χ0v) is 14.9. The molecule has 1 aliphatic rings. The number of nitrogens with zero attached hydrogens (tertiary/aromatic N) is 1. The van der Waals surface area contributed by atoms with Gasteiger partial charge >= 0.3 is 0 Å². The number of hydrogen-bond donors (Lipinski definition) is 0. The van der Waals surface area contributed by atoms with Gasteiger partial charge in [-0.15, -0.1) is 11.3 Å². The number of fused-ring (bicyclic) bond motifs is 7. The summed E-state index contributed by atoms with van der Waals surface area (Å²) in [6.45, 7) is 4.42. The van der Waals surface area contributed by atoms with Gasteiger partial charge in [0.15, 0.2) is 0 Å². The number of aromatic nitrogens is 1. The summed E-state index contributed by atoms with van der Waals surface area (Å²) in [5, 5.41) is 4.10. The Morgan fingerprint density at radius 2 is 1.68 bits per heavy atom. The number of pyridine rings is 1. The van der Waals surface area contributed by atoms with Crippen molar-refractivity contribution in [1.29, 1.82) is 0 Å². The quantitative estimate of drug-likeness (QED) is 0.295. The van der Waals surface area contributed by atoms with E-state index in [0.29, 0.717) is 0 Å². The molecule has 0 amide bonds. The van der Waals surface area contributed by atoms with Gasteiger partial charge in [-0.25, -0.2) is 0 Å². The number of rotatable bonds is 0. The Labute approximate surface area is 149 Å². The first kappa shape index (κ1) is 13.6. The second-order valence-electron chi connectivity index (χ2n) is 6.98. The van der Waals surface area contributed by atoms with Crippen molar-refractivity contribution < 1.29 is 0 Å². The smallest absolute Gasteiger partial charge is 0.0714 e. The van der Waals surface area contributed by atoms with Gasteiger partial charge in [-0.05, 0) is 72.0 Å². The maximum absolute atomic E-state index is 4.60. The lowest BCUT2D eigenvalue weighted by atomic mass is 9.94. The Morgan fingerprint density at radius 3 is 2.60 bits per heavy atom. The molecule has 3 aromatic carbocycles. The van der Waals surface area contributed by atoms with Crippen LogP contribution in [0.15, 0.2) is 54.7 Å². The van der Waals surface area contributed by atoms with Crippen molar-refractivity contribution in [2.75, 3.05) is 0 Å². The lowest BCUT2D eigenvalue weighted by molar-refractivity contribution is 1.42. The zero-order chi connectivity index (χ0) is 16.7. The maximum atomic E-state index is 4.60. The second kappa shape index (κ2) is 4.47. The molecule has 5 aromatic rings. The molecule has 6 rings (SSSR count). The van der Waals surface area contributed by atoms with Crippen LogP contribution in [0.4, 0.5) is 0 Å². The summed E-state index contributed by atoms with van der Waals surface area (Å²) in [7, 11) is 0. The first-order chi connectivity index (χ1) is 12.2. The minimum atomic E-state index is 1.09. The summed E-state index contributed by atoms with van der Waals surface area (Å²) >= 11 is 1.90. The minimum Gasteiger partial charge on any atom is -0.256 e. The molecule has 2 heterocycles. The summed E-state index contributed by atoms with van der Waals surface area (Å²) in [6, 6.07) is 17.9. The first-order valence-corrected chi connectivity index (χ1v) is 9.39. The predicted molar refractivity (Wildman–Crippen MR) is 109 cm³/mol. The van der Waals surface area contributed by atoms with Crippen LogP contribution in [0, 0.1) is 13.8 Å². The fourth-order valence-electron chi connectivity index (χ4n) is 4.42. The SMILES string of the molecule is Cc1ccc2sc3cc(C)c4c(c3c2c1)-c1cccc2nccc-4c12. The molecular weight excluding hydrogens is 322 g/mol. The topological polar surface area (TPSA) is 12.9 Å². The van der Waals surface area contributed by atoms with E-state index in [2.05, 4.69) is 67.4 Å². The van der Waals surface area contributed by atoms with E-state index in [4.69, 9.17) is 0 Å². The molecule has 0 saturated carbocycles. The molecule has 0 fully saturated rings. The summed E-state index contributed by atoms with van der Waals surface area (Å²) in [5.41, 5.74) is 9.23. The van der Waals surface area contributed by atoms with Gasteiger partial charge in [0.05, 0.1) is 5.52 Å². The first-order valence-electron chi connectivity index (χ1n) is 8.57. The number of hydrogen-bond acceptors (Lipinski definition) is 2. The minimum absolute atomic E-state index is 1.09. The molecule has 0 unspecified atom stereocenters. The van der Waals surface area contributed by atoms with Crippen LogP contribution in [-0.2, 0) is 0 Å². The van der Waals surface area contributed by atoms with Gasteiger partial charge in [-0.2, -0.15) is 0 Å². The van der Waals surface area contributed by atoms with Crippen LogP contribution in [0.1, 0.15) is 11.1 Å². The highest BCUT2D eigenvalue weighted by molar-refractivity contribution is 7.26. The molecule has 0 N–H and O–H groups in total. The molecule has 118 valence electrons. The van der Waals surface area contributed by atoms with Crippen molar-refractivity contribution in [3.05, 3.63) is 65.9 Å². The third kappa shape index (κ3) is 1.60. The Balaban J connectivity index is 1.93. The molecular formula is C23H15NS. The predicted octanol–water partition coefficient (Wildman–Crippen LogP) is 6.87. The van der Waals surface area contributed by atoms with Crippen LogP contribution in [0.25, 0.3) is 53.3 Å². The lowest BCUT2D eigenvalue weighted by Crippen LogP contribution is -1.84. The van der Waals surface area contributed by atoms with Gasteiger partial charge in [-0.3, -0.25) is 4.98 Å². The lowest BCUT2D eigenvalue weighted by Gasteiger charge is -2.09. The van der Waals surface area contributed by atoms with Crippen molar-refractivity contribution in [3.8, 4) is 22.3 Å². The summed E-state index contributed by atoms with van der Waals surface area (Å²) in [6.07, 6.45) is 1.94. The third-order valence-electron chi connectivity index (χ3n) is 5.42. The maximum Gasteiger partial charge on any atom is 0.0714 e. The number of thiophene rings is 1. The molecule has 0 aliphatic heterocycles. The average Bonchev–Trinajstić information content (AvgIpc) is 3.13. The van der Waals surface area contributed by atoms with Gasteiger partial charge in [0.1, 0.15) is 0 Å². The molecule has 0 spiro atoms. The summed E-state index contributed by atoms with van der Waals surface area (Å²) in [5.74, 6) is 0. The Kier molecular flexibility index (Phi) is 2.42. The Hall–Kier alpha value is -2.71. The van der Waals surface area contributed by atoms with Crippen LogP contribution in [0.3, 0.4) is 0 Å². The van der Waals surface area contributed by atoms with E-state index in [-0.39, 0.29) is 0 Å². The highest BCUT2D eigenvalue weighted by atomic mass is 32.1. The number of aryl methyl sites for hydroxylation is 2. The van der Waals surface area contributed by atoms with Gasteiger partial charge < -0.3 is 0 Å². The molecule has 2 heteroatoms. The highest BCUT2D eigenvalue weighted by Crippen LogP contribution is 2.53. The molecule has 1 nitrogen and oxygen atoms in total. The van der Waals surface area contributed by atoms with Crippen molar-refractivity contribution in [2.24, 2.45) is 0 Å². The van der Waals surface area contributed by atoms with E-state index in [0.717, 1.165) is 5.52 Å². The van der Waals surface area contributed by atoms with E-state index in [1.807, 2.05) is 17.5 Å². The zero-order valence-electron chi connectivity index (χ0n) is 14.1. The normalized spacial score (nSPS) is 12.4.